The van der Waals surface area contributed by atoms with Crippen molar-refractivity contribution >= 4 is 11.6 Å². The predicted octanol–water partition coefficient (Wildman–Crippen LogP) is 1.88. The summed E-state index contributed by atoms with van der Waals surface area (Å²) in [4.78, 5) is 21.0. The quantitative estimate of drug-likeness (QED) is 0.496. The van der Waals surface area contributed by atoms with Crippen LogP contribution in [0.5, 0.6) is 5.75 Å². The summed E-state index contributed by atoms with van der Waals surface area (Å²) >= 11 is 0. The van der Waals surface area contributed by atoms with E-state index in [2.05, 4.69) is 5.32 Å². The number of ether oxygens (including phenoxy) is 1. The summed E-state index contributed by atoms with van der Waals surface area (Å²) in [6, 6.07) is 3.77. The third-order valence-corrected chi connectivity index (χ3v) is 2.40. The van der Waals surface area contributed by atoms with E-state index in [4.69, 9.17) is 14.5 Å². The third-order valence-electron chi connectivity index (χ3n) is 2.40. The van der Waals surface area contributed by atoms with E-state index in [0.717, 1.165) is 6.07 Å². The van der Waals surface area contributed by atoms with Crippen molar-refractivity contribution in [1.29, 1.82) is 0 Å². The van der Waals surface area contributed by atoms with Gasteiger partial charge in [0.15, 0.2) is 5.75 Å². The van der Waals surface area contributed by atoms with Crippen LogP contribution in [0, 0.1) is 5.82 Å². The Labute approximate surface area is 104 Å². The maximum atomic E-state index is 13.1. The molecule has 1 atom stereocenters. The van der Waals surface area contributed by atoms with E-state index in [-0.39, 0.29) is 23.9 Å². The Morgan fingerprint density at radius 3 is 2.94 bits per heavy atom. The first-order valence-corrected chi connectivity index (χ1v) is 5.49. The second-order valence-electron chi connectivity index (χ2n) is 4.41. The molecule has 1 aliphatic heterocycles. The molecular formula is C12H14FNO4. The number of amides is 1. The number of anilines is 1. The van der Waals surface area contributed by atoms with Gasteiger partial charge in [-0.3, -0.25) is 4.79 Å². The van der Waals surface area contributed by atoms with Crippen LogP contribution in [0.2, 0.25) is 0 Å². The van der Waals surface area contributed by atoms with Crippen molar-refractivity contribution in [2.24, 2.45) is 0 Å². The Bertz CT molecular complexity index is 459. The number of epoxide rings is 1. The van der Waals surface area contributed by atoms with E-state index < -0.39 is 5.82 Å². The monoisotopic (exact) mass is 255 g/mol. The molecule has 0 saturated carbocycles. The molecule has 0 bridgehead atoms. The molecule has 98 valence electrons. The molecule has 5 nitrogen and oxygen atoms in total. The summed E-state index contributed by atoms with van der Waals surface area (Å²) in [5.41, 5.74) is 0.0346. The van der Waals surface area contributed by atoms with Crippen LogP contribution in [0.4, 0.5) is 10.1 Å². The smallest absolute Gasteiger partial charge is 0.221 e. The van der Waals surface area contributed by atoms with Gasteiger partial charge in [0.2, 0.25) is 5.91 Å². The zero-order valence-electron chi connectivity index (χ0n) is 10.2. The standard InChI is InChI=1S/C12H14FNO4/c1-8(15)14-10-4-3-9(13)5-11(10)18-17-7-12(2)6-16-12/h3-5H,6-7H2,1-2H3,(H,14,15). The minimum atomic E-state index is -0.475. The van der Waals surface area contributed by atoms with Gasteiger partial charge in [0, 0.05) is 13.0 Å². The number of benzene rings is 1. The molecular weight excluding hydrogens is 241 g/mol. The Hall–Kier alpha value is -1.66. The molecule has 0 spiro atoms. The normalized spacial score (nSPS) is 21.5. The van der Waals surface area contributed by atoms with Gasteiger partial charge in [-0.15, -0.1) is 0 Å². The van der Waals surface area contributed by atoms with Crippen LogP contribution in [0.1, 0.15) is 13.8 Å². The third kappa shape index (κ3) is 3.41. The average Bonchev–Trinajstić information content (AvgIpc) is 3.00. The van der Waals surface area contributed by atoms with Crippen molar-refractivity contribution in [1.82, 2.24) is 0 Å². The highest BCUT2D eigenvalue weighted by molar-refractivity contribution is 5.90. The number of halogens is 1. The molecule has 18 heavy (non-hydrogen) atoms. The summed E-state index contributed by atoms with van der Waals surface area (Å²) in [6.07, 6.45) is 0. The molecule has 1 aliphatic rings. The summed E-state index contributed by atoms with van der Waals surface area (Å²) in [5.74, 6) is -0.630. The van der Waals surface area contributed by atoms with Crippen LogP contribution >= 0.6 is 0 Å². The minimum Gasteiger partial charge on any atom is -0.367 e. The maximum absolute atomic E-state index is 13.1. The Morgan fingerprint density at radius 1 is 1.61 bits per heavy atom. The largest absolute Gasteiger partial charge is 0.367 e. The first-order valence-electron chi connectivity index (χ1n) is 5.49. The topological polar surface area (TPSA) is 60.1 Å². The molecule has 1 aromatic carbocycles. The minimum absolute atomic E-state index is 0.120. The first-order chi connectivity index (χ1) is 8.48. The molecule has 1 amide bonds. The number of hydrogen-bond acceptors (Lipinski definition) is 4. The molecule has 0 aliphatic carbocycles. The van der Waals surface area contributed by atoms with Crippen LogP contribution in [0.15, 0.2) is 18.2 Å². The highest BCUT2D eigenvalue weighted by Gasteiger charge is 2.40. The van der Waals surface area contributed by atoms with Crippen molar-refractivity contribution in [3.8, 4) is 5.75 Å². The number of carbonyl (C=O) groups excluding carboxylic acids is 1. The molecule has 1 heterocycles. The van der Waals surface area contributed by atoms with Gasteiger partial charge in [-0.05, 0) is 19.1 Å². The van der Waals surface area contributed by atoms with E-state index in [9.17, 15) is 9.18 Å². The van der Waals surface area contributed by atoms with E-state index in [1.807, 2.05) is 6.92 Å². The van der Waals surface area contributed by atoms with Crippen molar-refractivity contribution in [3.63, 3.8) is 0 Å². The van der Waals surface area contributed by atoms with Crippen LogP contribution < -0.4 is 10.2 Å². The summed E-state index contributed by atoms with van der Waals surface area (Å²) in [7, 11) is 0. The SMILES string of the molecule is CC(=O)Nc1ccc(F)cc1OOCC1(C)CO1. The fraction of sp³-hybridized carbons (Fsp3) is 0.417. The van der Waals surface area contributed by atoms with E-state index in [0.29, 0.717) is 12.3 Å². The summed E-state index contributed by atoms with van der Waals surface area (Å²) in [5, 5.41) is 2.52. The van der Waals surface area contributed by atoms with E-state index in [1.165, 1.54) is 19.1 Å². The van der Waals surface area contributed by atoms with Crippen LogP contribution in [-0.4, -0.2) is 24.7 Å². The van der Waals surface area contributed by atoms with Gasteiger partial charge in [0.1, 0.15) is 18.0 Å². The van der Waals surface area contributed by atoms with Crippen molar-refractivity contribution in [2.75, 3.05) is 18.5 Å². The maximum Gasteiger partial charge on any atom is 0.221 e. The van der Waals surface area contributed by atoms with E-state index >= 15 is 0 Å². The average molecular weight is 255 g/mol. The van der Waals surface area contributed by atoms with Crippen LogP contribution in [0.25, 0.3) is 0 Å². The predicted molar refractivity (Wildman–Crippen MR) is 61.6 cm³/mol. The lowest BCUT2D eigenvalue weighted by Gasteiger charge is -2.11. The summed E-state index contributed by atoms with van der Waals surface area (Å²) < 4.78 is 18.2. The van der Waals surface area contributed by atoms with Gasteiger partial charge in [-0.1, -0.05) is 0 Å². The number of hydrogen-bond donors (Lipinski definition) is 1. The second-order valence-corrected chi connectivity index (χ2v) is 4.41. The molecule has 2 rings (SSSR count). The fourth-order valence-corrected chi connectivity index (χ4v) is 1.28. The summed E-state index contributed by atoms with van der Waals surface area (Å²) in [6.45, 7) is 4.07. The van der Waals surface area contributed by atoms with Gasteiger partial charge in [-0.25, -0.2) is 4.39 Å². The Morgan fingerprint density at radius 2 is 2.33 bits per heavy atom. The van der Waals surface area contributed by atoms with Gasteiger partial charge >= 0.3 is 0 Å². The molecule has 1 unspecified atom stereocenters. The number of carbonyl (C=O) groups is 1. The van der Waals surface area contributed by atoms with Crippen molar-refractivity contribution in [2.45, 2.75) is 19.4 Å². The molecule has 1 N–H and O–H groups in total. The van der Waals surface area contributed by atoms with Gasteiger partial charge < -0.3 is 14.9 Å². The zero-order valence-corrected chi connectivity index (χ0v) is 10.2. The Balaban J connectivity index is 1.99. The molecule has 1 fully saturated rings. The van der Waals surface area contributed by atoms with Gasteiger partial charge in [0.25, 0.3) is 0 Å². The molecule has 6 heteroatoms. The second kappa shape index (κ2) is 4.91. The lowest BCUT2D eigenvalue weighted by atomic mass is 10.2. The molecule has 0 radical (unpaired) electrons. The highest BCUT2D eigenvalue weighted by atomic mass is 19.1. The van der Waals surface area contributed by atoms with Gasteiger partial charge in [0.05, 0.1) is 12.3 Å². The highest BCUT2D eigenvalue weighted by Crippen LogP contribution is 2.29. The van der Waals surface area contributed by atoms with Crippen molar-refractivity contribution < 1.29 is 23.7 Å². The fourth-order valence-electron chi connectivity index (χ4n) is 1.28. The number of rotatable bonds is 5. The molecule has 1 aromatic rings. The van der Waals surface area contributed by atoms with Crippen molar-refractivity contribution in [3.05, 3.63) is 24.0 Å². The zero-order chi connectivity index (χ0) is 13.2. The Kier molecular flexibility index (Phi) is 3.49. The van der Waals surface area contributed by atoms with Gasteiger partial charge in [-0.2, -0.15) is 4.89 Å². The van der Waals surface area contributed by atoms with E-state index in [1.54, 1.807) is 0 Å². The molecule has 0 aromatic heterocycles. The molecule has 1 saturated heterocycles. The van der Waals surface area contributed by atoms with Crippen LogP contribution in [0.3, 0.4) is 0 Å². The first kappa shape index (κ1) is 12.8. The number of nitrogens with one attached hydrogen (secondary N) is 1. The lowest BCUT2D eigenvalue weighted by molar-refractivity contribution is -0.216. The lowest BCUT2D eigenvalue weighted by Crippen LogP contribution is -2.17. The van der Waals surface area contributed by atoms with Crippen LogP contribution in [-0.2, 0) is 14.4 Å².